The molecule has 0 bridgehead atoms. The van der Waals surface area contributed by atoms with Crippen LogP contribution in [0, 0.1) is 19.7 Å². The zero-order valence-corrected chi connectivity index (χ0v) is 15.1. The summed E-state index contributed by atoms with van der Waals surface area (Å²) < 4.78 is 13.4. The molecule has 0 aliphatic heterocycles. The highest BCUT2D eigenvalue weighted by atomic mass is 32.2. The van der Waals surface area contributed by atoms with E-state index in [-0.39, 0.29) is 23.9 Å². The number of carbonyl (C=O) groups excluding carboxylic acids is 2. The van der Waals surface area contributed by atoms with Crippen LogP contribution in [0.1, 0.15) is 21.5 Å². The second-order valence-electron chi connectivity index (χ2n) is 5.67. The third-order valence-corrected chi connectivity index (χ3v) is 4.57. The molecule has 2 rings (SSSR count). The summed E-state index contributed by atoms with van der Waals surface area (Å²) >= 11 is 1.46. The van der Waals surface area contributed by atoms with Gasteiger partial charge in [-0.2, -0.15) is 0 Å². The first-order chi connectivity index (χ1) is 12.0. The first kappa shape index (κ1) is 19.0. The van der Waals surface area contributed by atoms with Crippen LogP contribution < -0.4 is 10.6 Å². The van der Waals surface area contributed by atoms with Gasteiger partial charge in [-0.1, -0.05) is 23.8 Å². The van der Waals surface area contributed by atoms with E-state index in [0.717, 1.165) is 4.90 Å². The molecule has 0 atom stereocenters. The van der Waals surface area contributed by atoms with Gasteiger partial charge in [0.1, 0.15) is 5.82 Å². The number of aryl methyl sites for hydroxylation is 2. The Kier molecular flexibility index (Phi) is 7.01. The molecule has 0 aromatic heterocycles. The molecule has 0 radical (unpaired) electrons. The summed E-state index contributed by atoms with van der Waals surface area (Å²) in [5.41, 5.74) is 1.94. The topological polar surface area (TPSA) is 58.2 Å². The summed E-state index contributed by atoms with van der Waals surface area (Å²) in [6, 6.07) is 12.3. The molecule has 132 valence electrons. The largest absolute Gasteiger partial charge is 0.354 e. The van der Waals surface area contributed by atoms with E-state index in [9.17, 15) is 14.0 Å². The highest BCUT2D eigenvalue weighted by Gasteiger charge is 2.08. The minimum Gasteiger partial charge on any atom is -0.354 e. The van der Waals surface area contributed by atoms with Gasteiger partial charge in [-0.25, -0.2) is 4.39 Å². The summed E-state index contributed by atoms with van der Waals surface area (Å²) in [5.74, 6) is -0.544. The van der Waals surface area contributed by atoms with E-state index in [1.165, 1.54) is 23.4 Å². The van der Waals surface area contributed by atoms with Crippen molar-refractivity contribution >= 4 is 23.6 Å². The molecule has 0 fully saturated rings. The van der Waals surface area contributed by atoms with E-state index < -0.39 is 5.82 Å². The fourth-order valence-corrected chi connectivity index (χ4v) is 2.78. The van der Waals surface area contributed by atoms with Crippen molar-refractivity contribution in [1.29, 1.82) is 0 Å². The second-order valence-corrected chi connectivity index (χ2v) is 6.72. The maximum absolute atomic E-state index is 13.4. The number of carbonyl (C=O) groups is 2. The Hall–Kier alpha value is -2.34. The predicted molar refractivity (Wildman–Crippen MR) is 98.4 cm³/mol. The molecular formula is C19H21FN2O2S. The Balaban J connectivity index is 1.66. The lowest BCUT2D eigenvalue weighted by atomic mass is 10.1. The number of rotatable bonds is 7. The van der Waals surface area contributed by atoms with Crippen LogP contribution in [0.4, 0.5) is 4.39 Å². The lowest BCUT2D eigenvalue weighted by Crippen LogP contribution is -2.35. The van der Waals surface area contributed by atoms with E-state index in [1.54, 1.807) is 19.1 Å². The van der Waals surface area contributed by atoms with Gasteiger partial charge in [0, 0.05) is 23.5 Å². The number of hydrogen-bond donors (Lipinski definition) is 2. The molecule has 6 heteroatoms. The van der Waals surface area contributed by atoms with Crippen LogP contribution in [0.5, 0.6) is 0 Å². The molecule has 4 nitrogen and oxygen atoms in total. The Labute approximate surface area is 151 Å². The zero-order valence-electron chi connectivity index (χ0n) is 14.3. The van der Waals surface area contributed by atoms with E-state index in [1.807, 2.05) is 31.2 Å². The van der Waals surface area contributed by atoms with Crippen molar-refractivity contribution in [2.75, 3.05) is 18.8 Å². The van der Waals surface area contributed by atoms with Gasteiger partial charge in [-0.3, -0.25) is 9.59 Å². The maximum Gasteiger partial charge on any atom is 0.251 e. The van der Waals surface area contributed by atoms with Gasteiger partial charge in [-0.15, -0.1) is 11.8 Å². The second kappa shape index (κ2) is 9.22. The van der Waals surface area contributed by atoms with Crippen molar-refractivity contribution in [3.05, 3.63) is 65.0 Å². The normalized spacial score (nSPS) is 10.4. The molecule has 0 saturated heterocycles. The Morgan fingerprint density at radius 1 is 1.00 bits per heavy atom. The molecule has 2 aromatic carbocycles. The minimum absolute atomic E-state index is 0.0961. The van der Waals surface area contributed by atoms with Crippen LogP contribution in [0.15, 0.2) is 47.4 Å². The third-order valence-electron chi connectivity index (χ3n) is 3.56. The van der Waals surface area contributed by atoms with Gasteiger partial charge in [0.05, 0.1) is 5.75 Å². The Morgan fingerprint density at radius 3 is 2.36 bits per heavy atom. The lowest BCUT2D eigenvalue weighted by molar-refractivity contribution is -0.118. The van der Waals surface area contributed by atoms with Gasteiger partial charge >= 0.3 is 0 Å². The van der Waals surface area contributed by atoms with Gasteiger partial charge in [0.2, 0.25) is 5.91 Å². The number of halogens is 1. The van der Waals surface area contributed by atoms with Crippen LogP contribution in [-0.4, -0.2) is 30.7 Å². The van der Waals surface area contributed by atoms with Crippen molar-refractivity contribution in [3.63, 3.8) is 0 Å². The van der Waals surface area contributed by atoms with Crippen molar-refractivity contribution in [1.82, 2.24) is 10.6 Å². The van der Waals surface area contributed by atoms with Crippen LogP contribution in [-0.2, 0) is 4.79 Å². The van der Waals surface area contributed by atoms with E-state index in [0.29, 0.717) is 17.9 Å². The fraction of sp³-hybridized carbons (Fsp3) is 0.263. The number of thioether (sulfide) groups is 1. The van der Waals surface area contributed by atoms with Crippen LogP contribution >= 0.6 is 11.8 Å². The molecule has 0 spiro atoms. The SMILES string of the molecule is Cc1ccc(SCC(=O)NCCNC(=O)c2ccc(C)c(F)c2)cc1. The molecule has 2 aromatic rings. The van der Waals surface area contributed by atoms with Crippen molar-refractivity contribution < 1.29 is 14.0 Å². The van der Waals surface area contributed by atoms with Crippen molar-refractivity contribution in [2.24, 2.45) is 0 Å². The number of amides is 2. The monoisotopic (exact) mass is 360 g/mol. The Morgan fingerprint density at radius 2 is 1.68 bits per heavy atom. The molecular weight excluding hydrogens is 339 g/mol. The highest BCUT2D eigenvalue weighted by Crippen LogP contribution is 2.17. The summed E-state index contributed by atoms with van der Waals surface area (Å²) in [7, 11) is 0. The average molecular weight is 360 g/mol. The van der Waals surface area contributed by atoms with Gasteiger partial charge in [0.25, 0.3) is 5.91 Å². The standard InChI is InChI=1S/C19H21FN2O2S/c1-13-3-7-16(8-4-13)25-12-18(23)21-9-10-22-19(24)15-6-5-14(2)17(20)11-15/h3-8,11H,9-10,12H2,1-2H3,(H,21,23)(H,22,24). The molecule has 25 heavy (non-hydrogen) atoms. The average Bonchev–Trinajstić information content (AvgIpc) is 2.60. The van der Waals surface area contributed by atoms with Crippen LogP contribution in [0.3, 0.4) is 0 Å². The molecule has 0 aliphatic carbocycles. The fourth-order valence-electron chi connectivity index (χ4n) is 2.05. The van der Waals surface area contributed by atoms with Gasteiger partial charge in [-0.05, 0) is 43.7 Å². The van der Waals surface area contributed by atoms with E-state index in [2.05, 4.69) is 10.6 Å². The van der Waals surface area contributed by atoms with Crippen LogP contribution in [0.25, 0.3) is 0 Å². The van der Waals surface area contributed by atoms with Gasteiger partial charge < -0.3 is 10.6 Å². The minimum atomic E-state index is -0.408. The molecule has 0 aliphatic rings. The summed E-state index contributed by atoms with van der Waals surface area (Å²) in [6.45, 7) is 4.27. The van der Waals surface area contributed by atoms with E-state index in [4.69, 9.17) is 0 Å². The summed E-state index contributed by atoms with van der Waals surface area (Å²) in [4.78, 5) is 24.7. The molecule has 0 heterocycles. The highest BCUT2D eigenvalue weighted by molar-refractivity contribution is 8.00. The first-order valence-electron chi connectivity index (χ1n) is 7.96. The van der Waals surface area contributed by atoms with Crippen molar-refractivity contribution in [2.45, 2.75) is 18.7 Å². The molecule has 2 amide bonds. The third kappa shape index (κ3) is 6.23. The maximum atomic E-state index is 13.4. The Bertz CT molecular complexity index is 748. The number of nitrogens with one attached hydrogen (secondary N) is 2. The molecule has 2 N–H and O–H groups in total. The smallest absolute Gasteiger partial charge is 0.251 e. The summed E-state index contributed by atoms with van der Waals surface area (Å²) in [5, 5.41) is 5.40. The first-order valence-corrected chi connectivity index (χ1v) is 8.95. The lowest BCUT2D eigenvalue weighted by Gasteiger charge is -2.08. The number of hydrogen-bond acceptors (Lipinski definition) is 3. The zero-order chi connectivity index (χ0) is 18.2. The predicted octanol–water partition coefficient (Wildman–Crippen LogP) is 3.08. The van der Waals surface area contributed by atoms with Gasteiger partial charge in [0.15, 0.2) is 0 Å². The van der Waals surface area contributed by atoms with E-state index >= 15 is 0 Å². The van der Waals surface area contributed by atoms with Crippen molar-refractivity contribution in [3.8, 4) is 0 Å². The summed E-state index contributed by atoms with van der Waals surface area (Å²) in [6.07, 6.45) is 0. The molecule has 0 saturated carbocycles. The quantitative estimate of drug-likeness (QED) is 0.589. The number of benzene rings is 2. The van der Waals surface area contributed by atoms with Crippen LogP contribution in [0.2, 0.25) is 0 Å². The molecule has 0 unspecified atom stereocenters.